The maximum Gasteiger partial charge on any atom is 0.0638 e. The number of aliphatic hydroxyl groups is 1. The van der Waals surface area contributed by atoms with Crippen molar-refractivity contribution in [1.82, 2.24) is 4.90 Å². The molecule has 2 heteroatoms. The van der Waals surface area contributed by atoms with Gasteiger partial charge in [0.25, 0.3) is 0 Å². The van der Waals surface area contributed by atoms with Gasteiger partial charge < -0.3 is 10.0 Å². The molecule has 0 aliphatic rings. The Balaban J connectivity index is 3.15. The third kappa shape index (κ3) is 7.82. The first-order chi connectivity index (χ1) is 5.16. The van der Waals surface area contributed by atoms with Crippen molar-refractivity contribution in [2.75, 3.05) is 20.1 Å². The first-order valence-corrected chi connectivity index (χ1v) is 4.53. The predicted molar refractivity (Wildman–Crippen MR) is 48.7 cm³/mol. The van der Waals surface area contributed by atoms with E-state index >= 15 is 0 Å². The fourth-order valence-corrected chi connectivity index (χ4v) is 1.17. The number of hydrogen-bond donors (Lipinski definition) is 1. The molecule has 68 valence electrons. The molecule has 11 heavy (non-hydrogen) atoms. The third-order valence-corrected chi connectivity index (χ3v) is 1.72. The molecule has 1 unspecified atom stereocenters. The van der Waals surface area contributed by atoms with Crippen LogP contribution in [0.25, 0.3) is 0 Å². The summed E-state index contributed by atoms with van der Waals surface area (Å²) < 4.78 is 0. The third-order valence-electron chi connectivity index (χ3n) is 1.72. The van der Waals surface area contributed by atoms with Crippen LogP contribution in [0.3, 0.4) is 0 Å². The highest BCUT2D eigenvalue weighted by atomic mass is 16.3. The largest absolute Gasteiger partial charge is 0.392 e. The second-order valence-electron chi connectivity index (χ2n) is 3.32. The summed E-state index contributed by atoms with van der Waals surface area (Å²) in [7, 11) is 2.06. The highest BCUT2D eigenvalue weighted by Crippen LogP contribution is 1.96. The van der Waals surface area contributed by atoms with Crippen molar-refractivity contribution >= 4 is 0 Å². The van der Waals surface area contributed by atoms with E-state index in [0.29, 0.717) is 0 Å². The maximum atomic E-state index is 9.04. The maximum absolute atomic E-state index is 9.04. The minimum atomic E-state index is -0.193. The molecule has 0 amide bonds. The molecule has 0 aromatic rings. The Kier molecular flexibility index (Phi) is 6.57. The lowest BCUT2D eigenvalue weighted by atomic mass is 10.2. The van der Waals surface area contributed by atoms with Gasteiger partial charge in [-0.1, -0.05) is 19.8 Å². The molecule has 0 spiro atoms. The lowest BCUT2D eigenvalue weighted by Gasteiger charge is -2.17. The minimum Gasteiger partial charge on any atom is -0.392 e. The summed E-state index contributed by atoms with van der Waals surface area (Å²) in [6.07, 6.45) is 3.62. The molecule has 0 aliphatic heterocycles. The van der Waals surface area contributed by atoms with Gasteiger partial charge in [-0.25, -0.2) is 0 Å². The van der Waals surface area contributed by atoms with Crippen LogP contribution in [0, 0.1) is 0 Å². The smallest absolute Gasteiger partial charge is 0.0638 e. The molecular weight excluding hydrogens is 138 g/mol. The van der Waals surface area contributed by atoms with Crippen LogP contribution in [0.1, 0.15) is 33.1 Å². The van der Waals surface area contributed by atoms with Gasteiger partial charge in [0.05, 0.1) is 6.10 Å². The van der Waals surface area contributed by atoms with Gasteiger partial charge in [0.2, 0.25) is 0 Å². The number of rotatable bonds is 6. The van der Waals surface area contributed by atoms with E-state index < -0.39 is 0 Å². The van der Waals surface area contributed by atoms with E-state index in [9.17, 15) is 0 Å². The van der Waals surface area contributed by atoms with E-state index in [2.05, 4.69) is 18.9 Å². The topological polar surface area (TPSA) is 23.5 Å². The molecule has 0 rings (SSSR count). The molecule has 0 aliphatic carbocycles. The van der Waals surface area contributed by atoms with Gasteiger partial charge in [-0.05, 0) is 26.9 Å². The number of nitrogens with zero attached hydrogens (tertiary/aromatic N) is 1. The number of likely N-dealkylation sites (N-methyl/N-ethyl adjacent to an activating group) is 1. The quantitative estimate of drug-likeness (QED) is 0.593. The second-order valence-corrected chi connectivity index (χ2v) is 3.32. The van der Waals surface area contributed by atoms with Gasteiger partial charge in [-0.3, -0.25) is 0 Å². The molecule has 0 saturated heterocycles. The van der Waals surface area contributed by atoms with E-state index in [-0.39, 0.29) is 6.10 Å². The first kappa shape index (κ1) is 10.9. The van der Waals surface area contributed by atoms with Crippen LogP contribution in [0.15, 0.2) is 0 Å². The van der Waals surface area contributed by atoms with Gasteiger partial charge in [0.1, 0.15) is 0 Å². The van der Waals surface area contributed by atoms with Crippen molar-refractivity contribution in [3.05, 3.63) is 0 Å². The van der Waals surface area contributed by atoms with Crippen molar-refractivity contribution in [3.8, 4) is 0 Å². The van der Waals surface area contributed by atoms with Crippen LogP contribution in [-0.2, 0) is 0 Å². The van der Waals surface area contributed by atoms with Crippen LogP contribution in [-0.4, -0.2) is 36.2 Å². The van der Waals surface area contributed by atoms with Crippen LogP contribution >= 0.6 is 0 Å². The SMILES string of the molecule is CCCCCN(C)CC(C)O. The summed E-state index contributed by atoms with van der Waals surface area (Å²) >= 11 is 0. The lowest BCUT2D eigenvalue weighted by molar-refractivity contribution is 0.140. The Labute approximate surface area is 70.2 Å². The van der Waals surface area contributed by atoms with Crippen LogP contribution < -0.4 is 0 Å². The Morgan fingerprint density at radius 3 is 2.45 bits per heavy atom. The van der Waals surface area contributed by atoms with Gasteiger partial charge in [-0.15, -0.1) is 0 Å². The predicted octanol–water partition coefficient (Wildman–Crippen LogP) is 1.49. The van der Waals surface area contributed by atoms with Crippen LogP contribution in [0.2, 0.25) is 0 Å². The standard InChI is InChI=1S/C9H21NO/c1-4-5-6-7-10(3)8-9(2)11/h9,11H,4-8H2,1-3H3. The molecule has 0 radical (unpaired) electrons. The normalized spacial score (nSPS) is 13.9. The molecule has 2 nitrogen and oxygen atoms in total. The summed E-state index contributed by atoms with van der Waals surface area (Å²) in [6.45, 7) is 5.94. The summed E-state index contributed by atoms with van der Waals surface area (Å²) in [5.41, 5.74) is 0. The highest BCUT2D eigenvalue weighted by molar-refractivity contribution is 4.55. The zero-order valence-corrected chi connectivity index (χ0v) is 8.01. The van der Waals surface area contributed by atoms with Crippen molar-refractivity contribution in [3.63, 3.8) is 0 Å². The minimum absolute atomic E-state index is 0.193. The van der Waals surface area contributed by atoms with Crippen LogP contribution in [0.5, 0.6) is 0 Å². The zero-order chi connectivity index (χ0) is 8.69. The Morgan fingerprint density at radius 2 is 2.00 bits per heavy atom. The van der Waals surface area contributed by atoms with E-state index in [4.69, 9.17) is 5.11 Å². The average Bonchev–Trinajstić information content (AvgIpc) is 1.86. The lowest BCUT2D eigenvalue weighted by Crippen LogP contribution is -2.28. The van der Waals surface area contributed by atoms with E-state index in [0.717, 1.165) is 13.1 Å². The average molecular weight is 159 g/mol. The molecule has 0 bridgehead atoms. The molecule has 0 heterocycles. The second kappa shape index (κ2) is 6.62. The monoisotopic (exact) mass is 159 g/mol. The van der Waals surface area contributed by atoms with Gasteiger partial charge in [0.15, 0.2) is 0 Å². The summed E-state index contributed by atoms with van der Waals surface area (Å²) in [5, 5.41) is 9.04. The van der Waals surface area contributed by atoms with Crippen LogP contribution in [0.4, 0.5) is 0 Å². The van der Waals surface area contributed by atoms with Gasteiger partial charge in [0, 0.05) is 6.54 Å². The molecule has 0 aromatic heterocycles. The van der Waals surface area contributed by atoms with Crippen molar-refractivity contribution < 1.29 is 5.11 Å². The number of aliphatic hydroxyl groups excluding tert-OH is 1. The van der Waals surface area contributed by atoms with Crippen molar-refractivity contribution in [2.45, 2.75) is 39.2 Å². The Bertz CT molecular complexity index is 83.6. The molecular formula is C9H21NO. The summed E-state index contributed by atoms with van der Waals surface area (Å²) in [4.78, 5) is 2.18. The number of hydrogen-bond acceptors (Lipinski definition) is 2. The number of unbranched alkanes of at least 4 members (excludes halogenated alkanes) is 2. The van der Waals surface area contributed by atoms with E-state index in [1.165, 1.54) is 19.3 Å². The molecule has 1 N–H and O–H groups in total. The van der Waals surface area contributed by atoms with Gasteiger partial charge in [-0.2, -0.15) is 0 Å². The van der Waals surface area contributed by atoms with E-state index in [1.807, 2.05) is 6.92 Å². The molecule has 0 saturated carbocycles. The van der Waals surface area contributed by atoms with Gasteiger partial charge >= 0.3 is 0 Å². The zero-order valence-electron chi connectivity index (χ0n) is 8.01. The van der Waals surface area contributed by atoms with E-state index in [1.54, 1.807) is 0 Å². The summed E-state index contributed by atoms with van der Waals surface area (Å²) in [5.74, 6) is 0. The molecule has 0 fully saturated rings. The Morgan fingerprint density at radius 1 is 1.36 bits per heavy atom. The molecule has 1 atom stereocenters. The highest BCUT2D eigenvalue weighted by Gasteiger charge is 2.00. The fraction of sp³-hybridized carbons (Fsp3) is 1.00. The van der Waals surface area contributed by atoms with Crippen molar-refractivity contribution in [2.24, 2.45) is 0 Å². The first-order valence-electron chi connectivity index (χ1n) is 4.53. The summed E-state index contributed by atoms with van der Waals surface area (Å²) in [6, 6.07) is 0. The van der Waals surface area contributed by atoms with Crippen molar-refractivity contribution in [1.29, 1.82) is 0 Å². The fourth-order valence-electron chi connectivity index (χ4n) is 1.17. The Hall–Kier alpha value is -0.0800. The molecule has 0 aromatic carbocycles.